The van der Waals surface area contributed by atoms with E-state index in [0.29, 0.717) is 24.5 Å². The second-order valence-electron chi connectivity index (χ2n) is 4.99. The standard InChI is InChI=1S/C14H18F2N2OS/c1-9(2)8-18(6-5-13(17)20)14(19)10-3-4-11(15)12(16)7-10/h3-4,7,9H,5-6,8H2,1-2H3,(H2,17,20). The van der Waals surface area contributed by atoms with E-state index >= 15 is 0 Å². The van der Waals surface area contributed by atoms with Gasteiger partial charge in [0.05, 0.1) is 4.99 Å². The summed E-state index contributed by atoms with van der Waals surface area (Å²) in [5, 5.41) is 0. The minimum atomic E-state index is -1.03. The number of nitrogens with zero attached hydrogens (tertiary/aromatic N) is 1. The fourth-order valence-electron chi connectivity index (χ4n) is 1.77. The molecular formula is C14H18F2N2OS. The van der Waals surface area contributed by atoms with Crippen LogP contribution in [-0.2, 0) is 0 Å². The van der Waals surface area contributed by atoms with Crippen molar-refractivity contribution in [2.24, 2.45) is 11.7 Å². The van der Waals surface area contributed by atoms with Crippen LogP contribution in [0.25, 0.3) is 0 Å². The summed E-state index contributed by atoms with van der Waals surface area (Å²) in [6.45, 7) is 4.80. The van der Waals surface area contributed by atoms with E-state index in [2.05, 4.69) is 0 Å². The second-order valence-corrected chi connectivity index (χ2v) is 5.51. The Kier molecular flexibility index (Phi) is 6.01. The zero-order valence-electron chi connectivity index (χ0n) is 11.5. The largest absolute Gasteiger partial charge is 0.393 e. The first-order chi connectivity index (χ1) is 9.31. The average molecular weight is 300 g/mol. The summed E-state index contributed by atoms with van der Waals surface area (Å²) >= 11 is 4.80. The molecule has 0 aliphatic rings. The molecular weight excluding hydrogens is 282 g/mol. The van der Waals surface area contributed by atoms with Crippen LogP contribution < -0.4 is 5.73 Å². The number of carbonyl (C=O) groups excluding carboxylic acids is 1. The number of rotatable bonds is 6. The van der Waals surface area contributed by atoms with Crippen LogP contribution in [0.3, 0.4) is 0 Å². The van der Waals surface area contributed by atoms with E-state index in [-0.39, 0.29) is 17.4 Å². The van der Waals surface area contributed by atoms with E-state index in [1.54, 1.807) is 4.90 Å². The quantitative estimate of drug-likeness (QED) is 0.822. The summed E-state index contributed by atoms with van der Waals surface area (Å²) in [6.07, 6.45) is 0.400. The molecule has 1 amide bonds. The molecule has 6 heteroatoms. The highest BCUT2D eigenvalue weighted by Crippen LogP contribution is 2.13. The summed E-state index contributed by atoms with van der Waals surface area (Å²) in [4.78, 5) is 14.2. The maximum absolute atomic E-state index is 13.2. The zero-order chi connectivity index (χ0) is 15.3. The molecule has 1 rings (SSSR count). The van der Waals surface area contributed by atoms with Gasteiger partial charge >= 0.3 is 0 Å². The van der Waals surface area contributed by atoms with E-state index in [1.165, 1.54) is 6.07 Å². The van der Waals surface area contributed by atoms with Gasteiger partial charge in [-0.05, 0) is 24.1 Å². The number of carbonyl (C=O) groups is 1. The molecule has 1 aromatic rings. The van der Waals surface area contributed by atoms with Gasteiger partial charge in [-0.15, -0.1) is 0 Å². The van der Waals surface area contributed by atoms with Gasteiger partial charge in [0, 0.05) is 25.1 Å². The Hall–Kier alpha value is -1.56. The monoisotopic (exact) mass is 300 g/mol. The highest BCUT2D eigenvalue weighted by atomic mass is 32.1. The Labute approximate surface area is 122 Å². The number of benzene rings is 1. The highest BCUT2D eigenvalue weighted by Gasteiger charge is 2.18. The van der Waals surface area contributed by atoms with Crippen molar-refractivity contribution >= 4 is 23.1 Å². The van der Waals surface area contributed by atoms with E-state index in [0.717, 1.165) is 12.1 Å². The maximum atomic E-state index is 13.2. The van der Waals surface area contributed by atoms with Crippen molar-refractivity contribution in [1.82, 2.24) is 4.90 Å². The second kappa shape index (κ2) is 7.28. The van der Waals surface area contributed by atoms with Crippen LogP contribution in [0.5, 0.6) is 0 Å². The first-order valence-electron chi connectivity index (χ1n) is 6.34. The molecule has 0 fully saturated rings. The Morgan fingerprint density at radius 3 is 2.50 bits per heavy atom. The third kappa shape index (κ3) is 4.85. The van der Waals surface area contributed by atoms with Gasteiger partial charge in [-0.25, -0.2) is 8.78 Å². The zero-order valence-corrected chi connectivity index (χ0v) is 12.3. The molecule has 110 valence electrons. The van der Waals surface area contributed by atoms with E-state index in [4.69, 9.17) is 18.0 Å². The van der Waals surface area contributed by atoms with Crippen molar-refractivity contribution in [2.75, 3.05) is 13.1 Å². The van der Waals surface area contributed by atoms with Crippen LogP contribution in [0.2, 0.25) is 0 Å². The molecule has 0 saturated heterocycles. The molecule has 3 nitrogen and oxygen atoms in total. The molecule has 2 N–H and O–H groups in total. The lowest BCUT2D eigenvalue weighted by atomic mass is 10.1. The Morgan fingerprint density at radius 2 is 2.00 bits per heavy atom. The molecule has 0 radical (unpaired) electrons. The topological polar surface area (TPSA) is 46.3 Å². The normalized spacial score (nSPS) is 10.7. The summed E-state index contributed by atoms with van der Waals surface area (Å²) in [6, 6.07) is 3.13. The minimum Gasteiger partial charge on any atom is -0.393 e. The van der Waals surface area contributed by atoms with E-state index < -0.39 is 11.6 Å². The van der Waals surface area contributed by atoms with E-state index in [1.807, 2.05) is 13.8 Å². The van der Waals surface area contributed by atoms with Gasteiger partial charge in [-0.3, -0.25) is 4.79 Å². The first-order valence-corrected chi connectivity index (χ1v) is 6.74. The molecule has 0 heterocycles. The van der Waals surface area contributed by atoms with Crippen LogP contribution >= 0.6 is 12.2 Å². The Bertz CT molecular complexity index is 506. The van der Waals surface area contributed by atoms with Crippen molar-refractivity contribution in [3.63, 3.8) is 0 Å². The number of hydrogen-bond acceptors (Lipinski definition) is 2. The van der Waals surface area contributed by atoms with Gasteiger partial charge in [-0.2, -0.15) is 0 Å². The van der Waals surface area contributed by atoms with Crippen molar-refractivity contribution in [3.05, 3.63) is 35.4 Å². The highest BCUT2D eigenvalue weighted by molar-refractivity contribution is 7.80. The fraction of sp³-hybridized carbons (Fsp3) is 0.429. The SMILES string of the molecule is CC(C)CN(CCC(N)=S)C(=O)c1ccc(F)c(F)c1. The van der Waals surface area contributed by atoms with Gasteiger partial charge in [0.1, 0.15) is 0 Å². The van der Waals surface area contributed by atoms with Crippen LogP contribution in [0, 0.1) is 17.6 Å². The average Bonchev–Trinajstić information content (AvgIpc) is 2.36. The Balaban J connectivity index is 2.90. The van der Waals surface area contributed by atoms with Crippen molar-refractivity contribution in [1.29, 1.82) is 0 Å². The number of halogens is 2. The lowest BCUT2D eigenvalue weighted by molar-refractivity contribution is 0.0740. The molecule has 0 bridgehead atoms. The third-order valence-corrected chi connectivity index (χ3v) is 2.87. The molecule has 0 unspecified atom stereocenters. The summed E-state index contributed by atoms with van der Waals surface area (Å²) in [7, 11) is 0. The van der Waals surface area contributed by atoms with Gasteiger partial charge in [0.25, 0.3) is 5.91 Å². The van der Waals surface area contributed by atoms with Crippen LogP contribution in [0.4, 0.5) is 8.78 Å². The first kappa shape index (κ1) is 16.5. The fourth-order valence-corrected chi connectivity index (χ4v) is 1.86. The van der Waals surface area contributed by atoms with Gasteiger partial charge in [0.15, 0.2) is 11.6 Å². The van der Waals surface area contributed by atoms with Crippen molar-refractivity contribution in [2.45, 2.75) is 20.3 Å². The number of amides is 1. The van der Waals surface area contributed by atoms with Gasteiger partial charge in [0.2, 0.25) is 0 Å². The van der Waals surface area contributed by atoms with Gasteiger partial charge in [-0.1, -0.05) is 26.1 Å². The van der Waals surface area contributed by atoms with Crippen LogP contribution in [0.1, 0.15) is 30.6 Å². The molecule has 0 spiro atoms. The van der Waals surface area contributed by atoms with Crippen LogP contribution in [0.15, 0.2) is 18.2 Å². The number of hydrogen-bond donors (Lipinski definition) is 1. The van der Waals surface area contributed by atoms with Crippen LogP contribution in [-0.4, -0.2) is 28.9 Å². The smallest absolute Gasteiger partial charge is 0.253 e. The summed E-state index contributed by atoms with van der Waals surface area (Å²) in [5.41, 5.74) is 5.56. The van der Waals surface area contributed by atoms with Crippen molar-refractivity contribution in [3.8, 4) is 0 Å². The molecule has 0 saturated carbocycles. The lowest BCUT2D eigenvalue weighted by Crippen LogP contribution is -2.36. The number of nitrogens with two attached hydrogens (primary N) is 1. The predicted octanol–water partition coefficient (Wildman–Crippen LogP) is 2.74. The molecule has 0 atom stereocenters. The number of thiocarbonyl (C=S) groups is 1. The molecule has 0 aromatic heterocycles. The molecule has 20 heavy (non-hydrogen) atoms. The van der Waals surface area contributed by atoms with Gasteiger partial charge < -0.3 is 10.6 Å². The molecule has 0 aliphatic heterocycles. The van der Waals surface area contributed by atoms with E-state index in [9.17, 15) is 13.6 Å². The molecule has 1 aromatic carbocycles. The molecule has 0 aliphatic carbocycles. The summed E-state index contributed by atoms with van der Waals surface area (Å²) in [5.74, 6) is -2.11. The Morgan fingerprint density at radius 1 is 1.35 bits per heavy atom. The van der Waals surface area contributed by atoms with Crippen molar-refractivity contribution < 1.29 is 13.6 Å². The summed E-state index contributed by atoms with van der Waals surface area (Å²) < 4.78 is 26.1. The lowest BCUT2D eigenvalue weighted by Gasteiger charge is -2.24. The maximum Gasteiger partial charge on any atom is 0.253 e. The predicted molar refractivity (Wildman–Crippen MR) is 78.5 cm³/mol. The minimum absolute atomic E-state index is 0.118. The third-order valence-electron chi connectivity index (χ3n) is 2.67.